The molecule has 1 amide bonds. The maximum absolute atomic E-state index is 12.4. The Morgan fingerprint density at radius 2 is 1.94 bits per heavy atom. The van der Waals surface area contributed by atoms with Gasteiger partial charge >= 0.3 is 12.1 Å². The molecule has 0 radical (unpaired) electrons. The van der Waals surface area contributed by atoms with E-state index in [0.29, 0.717) is 6.42 Å². The summed E-state index contributed by atoms with van der Waals surface area (Å²) in [5.41, 5.74) is 5.02. The van der Waals surface area contributed by atoms with Gasteiger partial charge in [0.15, 0.2) is 0 Å². The number of nitrogens with zero attached hydrogens (tertiary/aromatic N) is 1. The number of hydrogen-bond acceptors (Lipinski definition) is 2. The Morgan fingerprint density at radius 3 is 2.62 bits per heavy atom. The third kappa shape index (κ3) is 4.41. The van der Waals surface area contributed by atoms with Crippen LogP contribution in [0.4, 0.5) is 18.9 Å². The SMILES string of the molecule is Cc1ccc2c(c1)[C@]1(C=CCC1)[C@H](CCCCNC(=O)C(F)(F)F)N2Cc1ccccc1. The van der Waals surface area contributed by atoms with Gasteiger partial charge in [-0.1, -0.05) is 60.2 Å². The Kier molecular flexibility index (Phi) is 6.31. The molecule has 2 aromatic rings. The van der Waals surface area contributed by atoms with Gasteiger partial charge in [-0.25, -0.2) is 0 Å². The lowest BCUT2D eigenvalue weighted by Crippen LogP contribution is -2.43. The van der Waals surface area contributed by atoms with Gasteiger partial charge < -0.3 is 10.2 Å². The molecule has 0 aromatic heterocycles. The number of hydrogen-bond donors (Lipinski definition) is 1. The minimum absolute atomic E-state index is 0.0403. The van der Waals surface area contributed by atoms with Gasteiger partial charge in [0.25, 0.3) is 0 Å². The number of aryl methyl sites for hydroxylation is 1. The first-order chi connectivity index (χ1) is 15.3. The molecule has 6 heteroatoms. The zero-order chi connectivity index (χ0) is 22.8. The van der Waals surface area contributed by atoms with E-state index in [1.165, 1.54) is 22.4 Å². The fraction of sp³-hybridized carbons (Fsp3) is 0.423. The van der Waals surface area contributed by atoms with E-state index in [1.54, 1.807) is 0 Å². The van der Waals surface area contributed by atoms with Crippen LogP contribution < -0.4 is 10.2 Å². The van der Waals surface area contributed by atoms with E-state index < -0.39 is 12.1 Å². The van der Waals surface area contributed by atoms with Crippen LogP contribution >= 0.6 is 0 Å². The highest BCUT2D eigenvalue weighted by Crippen LogP contribution is 2.53. The molecule has 170 valence electrons. The van der Waals surface area contributed by atoms with Crippen LogP contribution in [0.2, 0.25) is 0 Å². The quantitative estimate of drug-likeness (QED) is 0.433. The summed E-state index contributed by atoms with van der Waals surface area (Å²) in [6.45, 7) is 2.95. The lowest BCUT2D eigenvalue weighted by Gasteiger charge is -2.36. The van der Waals surface area contributed by atoms with Gasteiger partial charge in [-0.15, -0.1) is 0 Å². The lowest BCUT2D eigenvalue weighted by molar-refractivity contribution is -0.173. The molecule has 0 unspecified atom stereocenters. The van der Waals surface area contributed by atoms with Crippen LogP contribution in [0.15, 0.2) is 60.7 Å². The van der Waals surface area contributed by atoms with Crippen molar-refractivity contribution in [1.82, 2.24) is 5.32 Å². The zero-order valence-corrected chi connectivity index (χ0v) is 18.3. The number of carbonyl (C=O) groups is 1. The van der Waals surface area contributed by atoms with Crippen molar-refractivity contribution in [3.63, 3.8) is 0 Å². The summed E-state index contributed by atoms with van der Waals surface area (Å²) < 4.78 is 37.3. The third-order valence-corrected chi connectivity index (χ3v) is 6.72. The first-order valence-electron chi connectivity index (χ1n) is 11.3. The van der Waals surface area contributed by atoms with E-state index in [0.717, 1.165) is 32.2 Å². The number of unbranched alkanes of at least 4 members (excludes halogenated alkanes) is 1. The summed E-state index contributed by atoms with van der Waals surface area (Å²) in [7, 11) is 0. The van der Waals surface area contributed by atoms with Gasteiger partial charge in [0, 0.05) is 30.2 Å². The standard InChI is InChI=1S/C26H29F3N2O/c1-19-12-13-22-21(17-19)25(14-6-7-15-25)23(31(22)18-20-9-3-2-4-10-20)11-5-8-16-30-24(32)26(27,28)29/h2-4,6,9-10,12-14,17,23H,5,7-8,11,15-16,18H2,1H3,(H,30,32)/t23-,25+/m0/s1. The number of rotatable bonds is 7. The second kappa shape index (κ2) is 9.00. The lowest BCUT2D eigenvalue weighted by atomic mass is 9.74. The second-order valence-corrected chi connectivity index (χ2v) is 8.88. The zero-order valence-electron chi connectivity index (χ0n) is 18.3. The number of halogens is 3. The maximum atomic E-state index is 12.4. The van der Waals surface area contributed by atoms with Gasteiger partial charge in [-0.05, 0) is 56.2 Å². The summed E-state index contributed by atoms with van der Waals surface area (Å²) in [5, 5.41) is 1.99. The minimum Gasteiger partial charge on any atom is -0.363 e. The van der Waals surface area contributed by atoms with Crippen LogP contribution in [0.3, 0.4) is 0 Å². The van der Waals surface area contributed by atoms with Crippen molar-refractivity contribution in [3.8, 4) is 0 Å². The van der Waals surface area contributed by atoms with Crippen LogP contribution in [0, 0.1) is 6.92 Å². The van der Waals surface area contributed by atoms with Gasteiger partial charge in [-0.3, -0.25) is 4.79 Å². The van der Waals surface area contributed by atoms with Crippen LogP contribution in [0.1, 0.15) is 48.8 Å². The number of anilines is 1. The molecule has 0 fully saturated rings. The van der Waals surface area contributed by atoms with E-state index in [2.05, 4.69) is 54.3 Å². The number of nitrogens with one attached hydrogen (secondary N) is 1. The highest BCUT2D eigenvalue weighted by Gasteiger charge is 2.49. The molecule has 1 aliphatic heterocycles. The number of alkyl halides is 3. The smallest absolute Gasteiger partial charge is 0.363 e. The Balaban J connectivity index is 1.53. The highest BCUT2D eigenvalue weighted by molar-refractivity contribution is 5.81. The number of fused-ring (bicyclic) bond motifs is 2. The van der Waals surface area contributed by atoms with Crippen molar-refractivity contribution in [2.75, 3.05) is 11.4 Å². The third-order valence-electron chi connectivity index (χ3n) is 6.72. The topological polar surface area (TPSA) is 32.3 Å². The van der Waals surface area contributed by atoms with Gasteiger partial charge in [0.2, 0.25) is 0 Å². The van der Waals surface area contributed by atoms with Gasteiger partial charge in [0.1, 0.15) is 0 Å². The average Bonchev–Trinajstić information content (AvgIpc) is 3.33. The maximum Gasteiger partial charge on any atom is 0.471 e. The van der Waals surface area contributed by atoms with E-state index in [9.17, 15) is 18.0 Å². The molecule has 3 nitrogen and oxygen atoms in total. The van der Waals surface area contributed by atoms with E-state index in [4.69, 9.17) is 0 Å². The molecular weight excluding hydrogens is 413 g/mol. The summed E-state index contributed by atoms with van der Waals surface area (Å²) in [6.07, 6.45) is 3.99. The van der Waals surface area contributed by atoms with Crippen molar-refractivity contribution < 1.29 is 18.0 Å². The number of benzene rings is 2. The Morgan fingerprint density at radius 1 is 1.16 bits per heavy atom. The normalized spacial score (nSPS) is 21.9. The van der Waals surface area contributed by atoms with Crippen LogP contribution in [-0.4, -0.2) is 24.7 Å². The first kappa shape index (κ1) is 22.4. The van der Waals surface area contributed by atoms with Crippen LogP contribution in [0.5, 0.6) is 0 Å². The predicted molar refractivity (Wildman–Crippen MR) is 121 cm³/mol. The largest absolute Gasteiger partial charge is 0.471 e. The van der Waals surface area contributed by atoms with Crippen molar-refractivity contribution in [3.05, 3.63) is 77.4 Å². The molecule has 2 aromatic carbocycles. The van der Waals surface area contributed by atoms with Crippen molar-refractivity contribution >= 4 is 11.6 Å². The number of allylic oxidation sites excluding steroid dienone is 1. The molecule has 0 saturated heterocycles. The van der Waals surface area contributed by atoms with Crippen LogP contribution in [-0.2, 0) is 16.8 Å². The average molecular weight is 443 g/mol. The van der Waals surface area contributed by atoms with E-state index in [-0.39, 0.29) is 18.0 Å². The fourth-order valence-corrected chi connectivity index (χ4v) is 5.25. The summed E-state index contributed by atoms with van der Waals surface area (Å²) in [5.74, 6) is -1.86. The molecule has 2 atom stereocenters. The monoisotopic (exact) mass is 442 g/mol. The van der Waals surface area contributed by atoms with Gasteiger partial charge in [0.05, 0.1) is 0 Å². The first-order valence-corrected chi connectivity index (χ1v) is 11.3. The molecule has 1 aliphatic carbocycles. The van der Waals surface area contributed by atoms with Crippen molar-refractivity contribution in [1.29, 1.82) is 0 Å². The highest BCUT2D eigenvalue weighted by atomic mass is 19.4. The summed E-state index contributed by atoms with van der Waals surface area (Å²) in [6, 6.07) is 17.3. The molecule has 4 rings (SSSR count). The number of carbonyl (C=O) groups excluding carboxylic acids is 1. The van der Waals surface area contributed by atoms with Crippen molar-refractivity contribution in [2.24, 2.45) is 0 Å². The fourth-order valence-electron chi connectivity index (χ4n) is 5.25. The molecule has 1 spiro atoms. The van der Waals surface area contributed by atoms with E-state index >= 15 is 0 Å². The molecule has 0 saturated carbocycles. The molecule has 0 bridgehead atoms. The molecule has 32 heavy (non-hydrogen) atoms. The Bertz CT molecular complexity index is 986. The molecular formula is C26H29F3N2O. The van der Waals surface area contributed by atoms with Gasteiger partial charge in [-0.2, -0.15) is 13.2 Å². The van der Waals surface area contributed by atoms with Crippen molar-refractivity contribution in [2.45, 2.75) is 63.2 Å². The second-order valence-electron chi connectivity index (χ2n) is 8.88. The molecule has 2 aliphatic rings. The predicted octanol–water partition coefficient (Wildman–Crippen LogP) is 5.82. The summed E-state index contributed by atoms with van der Waals surface area (Å²) in [4.78, 5) is 13.6. The molecule has 1 N–H and O–H groups in total. The Hall–Kier alpha value is -2.76. The molecule has 1 heterocycles. The van der Waals surface area contributed by atoms with E-state index in [1.807, 2.05) is 23.5 Å². The Labute approximate surface area is 187 Å². The van der Waals surface area contributed by atoms with Crippen LogP contribution in [0.25, 0.3) is 0 Å². The number of amides is 1. The minimum atomic E-state index is -4.82. The summed E-state index contributed by atoms with van der Waals surface area (Å²) >= 11 is 0.